The Morgan fingerprint density at radius 1 is 1.15 bits per heavy atom. The molecule has 0 radical (unpaired) electrons. The third kappa shape index (κ3) is 3.31. The number of pyridine rings is 1. The van der Waals surface area contributed by atoms with Crippen LogP contribution in [0.5, 0.6) is 0 Å². The van der Waals surface area contributed by atoms with Crippen molar-refractivity contribution >= 4 is 10.0 Å². The second kappa shape index (κ2) is 5.56. The molecule has 7 heteroatoms. The molecule has 1 aromatic carbocycles. The van der Waals surface area contributed by atoms with E-state index in [1.54, 1.807) is 6.92 Å². The summed E-state index contributed by atoms with van der Waals surface area (Å²) in [4.78, 5) is 13.2. The Morgan fingerprint density at radius 2 is 1.80 bits per heavy atom. The Hall–Kier alpha value is -1.99. The van der Waals surface area contributed by atoms with Crippen molar-refractivity contribution in [3.05, 3.63) is 64.3 Å². The van der Waals surface area contributed by atoms with Gasteiger partial charge in [0.05, 0.1) is 4.90 Å². The molecule has 1 heterocycles. The molecule has 2 aromatic rings. The van der Waals surface area contributed by atoms with Gasteiger partial charge in [-0.05, 0) is 30.7 Å². The van der Waals surface area contributed by atoms with Gasteiger partial charge in [-0.2, -0.15) is 0 Å². The van der Waals surface area contributed by atoms with Crippen LogP contribution in [0, 0.1) is 5.82 Å². The molecular weight excluding hydrogens is 283 g/mol. The highest BCUT2D eigenvalue weighted by molar-refractivity contribution is 7.89. The molecule has 1 aromatic heterocycles. The summed E-state index contributed by atoms with van der Waals surface area (Å²) < 4.78 is 39.4. The van der Waals surface area contributed by atoms with E-state index in [1.807, 2.05) is 0 Å². The number of hydrogen-bond donors (Lipinski definition) is 2. The van der Waals surface area contributed by atoms with Gasteiger partial charge in [-0.3, -0.25) is 4.79 Å². The third-order valence-corrected chi connectivity index (χ3v) is 4.31. The molecule has 0 amide bonds. The number of nitrogens with one attached hydrogen (secondary N) is 2. The van der Waals surface area contributed by atoms with Crippen molar-refractivity contribution in [3.8, 4) is 0 Å². The number of aromatic nitrogens is 1. The maximum absolute atomic E-state index is 12.8. The van der Waals surface area contributed by atoms with Gasteiger partial charge in [-0.1, -0.05) is 12.1 Å². The summed E-state index contributed by atoms with van der Waals surface area (Å²) >= 11 is 0. The maximum atomic E-state index is 12.8. The molecule has 1 unspecified atom stereocenters. The zero-order valence-electron chi connectivity index (χ0n) is 10.6. The van der Waals surface area contributed by atoms with Gasteiger partial charge in [-0.25, -0.2) is 17.5 Å². The van der Waals surface area contributed by atoms with Crippen molar-refractivity contribution in [2.24, 2.45) is 0 Å². The molecule has 5 nitrogen and oxygen atoms in total. The second-order valence-corrected chi connectivity index (χ2v) is 6.00. The minimum Gasteiger partial charge on any atom is -0.328 e. The van der Waals surface area contributed by atoms with Crippen LogP contribution >= 0.6 is 0 Å². The summed E-state index contributed by atoms with van der Waals surface area (Å²) in [6, 6.07) is 7.38. The smallest absolute Gasteiger partial charge is 0.247 e. The van der Waals surface area contributed by atoms with E-state index in [0.29, 0.717) is 5.56 Å². The monoisotopic (exact) mass is 296 g/mol. The van der Waals surface area contributed by atoms with Gasteiger partial charge in [0.15, 0.2) is 0 Å². The predicted molar refractivity (Wildman–Crippen MR) is 72.2 cm³/mol. The average Bonchev–Trinajstić information content (AvgIpc) is 2.39. The molecule has 0 bridgehead atoms. The summed E-state index contributed by atoms with van der Waals surface area (Å²) in [5, 5.41) is 0. The van der Waals surface area contributed by atoms with Crippen molar-refractivity contribution in [1.29, 1.82) is 0 Å². The van der Waals surface area contributed by atoms with Crippen LogP contribution in [-0.2, 0) is 10.0 Å². The number of benzene rings is 1. The van der Waals surface area contributed by atoms with E-state index in [0.717, 1.165) is 12.3 Å². The van der Waals surface area contributed by atoms with Crippen molar-refractivity contribution < 1.29 is 12.8 Å². The lowest BCUT2D eigenvalue weighted by atomic mass is 10.1. The Balaban J connectivity index is 2.21. The van der Waals surface area contributed by atoms with Crippen LogP contribution in [-0.4, -0.2) is 13.4 Å². The fourth-order valence-corrected chi connectivity index (χ4v) is 2.88. The highest BCUT2D eigenvalue weighted by Crippen LogP contribution is 2.16. The van der Waals surface area contributed by atoms with Gasteiger partial charge in [0.1, 0.15) is 5.82 Å². The molecule has 0 aliphatic heterocycles. The Morgan fingerprint density at radius 3 is 2.35 bits per heavy atom. The highest BCUT2D eigenvalue weighted by Gasteiger charge is 2.18. The summed E-state index contributed by atoms with van der Waals surface area (Å²) in [6.45, 7) is 1.65. The molecule has 0 saturated heterocycles. The number of halogens is 1. The van der Waals surface area contributed by atoms with Crippen molar-refractivity contribution in [2.75, 3.05) is 0 Å². The average molecular weight is 296 g/mol. The minimum absolute atomic E-state index is 0.0361. The Kier molecular flexibility index (Phi) is 4.01. The van der Waals surface area contributed by atoms with E-state index in [1.165, 1.54) is 30.3 Å². The first-order valence-electron chi connectivity index (χ1n) is 5.85. The SMILES string of the molecule is CC(NS(=O)(=O)c1ccc(=O)[nH]c1)c1ccc(F)cc1. The molecule has 1 atom stereocenters. The third-order valence-electron chi connectivity index (χ3n) is 2.77. The fourth-order valence-electron chi connectivity index (χ4n) is 1.68. The molecule has 20 heavy (non-hydrogen) atoms. The van der Waals surface area contributed by atoms with Gasteiger partial charge < -0.3 is 4.98 Å². The molecule has 0 spiro atoms. The van der Waals surface area contributed by atoms with Gasteiger partial charge in [0.2, 0.25) is 15.6 Å². The van der Waals surface area contributed by atoms with Crippen LogP contribution < -0.4 is 10.3 Å². The van der Waals surface area contributed by atoms with Crippen LogP contribution in [0.15, 0.2) is 52.3 Å². The first kappa shape index (κ1) is 14.4. The van der Waals surface area contributed by atoms with E-state index in [9.17, 15) is 17.6 Å². The number of sulfonamides is 1. The minimum atomic E-state index is -3.75. The molecule has 0 fully saturated rings. The zero-order valence-corrected chi connectivity index (χ0v) is 11.4. The quantitative estimate of drug-likeness (QED) is 0.898. The Labute approximate surface area is 115 Å². The standard InChI is InChI=1S/C13H13FN2O3S/c1-9(10-2-4-11(14)5-3-10)16-20(18,19)12-6-7-13(17)15-8-12/h2-9,16H,1H3,(H,15,17). The second-order valence-electron chi connectivity index (χ2n) is 4.28. The number of rotatable bonds is 4. The first-order chi connectivity index (χ1) is 9.38. The zero-order chi connectivity index (χ0) is 14.8. The van der Waals surface area contributed by atoms with Gasteiger partial charge in [-0.15, -0.1) is 0 Å². The van der Waals surface area contributed by atoms with E-state index in [-0.39, 0.29) is 16.3 Å². The van der Waals surface area contributed by atoms with Crippen LogP contribution in [0.3, 0.4) is 0 Å². The lowest BCUT2D eigenvalue weighted by Gasteiger charge is -2.14. The number of aromatic amines is 1. The van der Waals surface area contributed by atoms with E-state index in [2.05, 4.69) is 9.71 Å². The molecule has 2 N–H and O–H groups in total. The topological polar surface area (TPSA) is 79.0 Å². The van der Waals surface area contributed by atoms with E-state index >= 15 is 0 Å². The van der Waals surface area contributed by atoms with Gasteiger partial charge in [0.25, 0.3) is 0 Å². The lowest BCUT2D eigenvalue weighted by molar-refractivity contribution is 0.566. The molecule has 0 aliphatic carbocycles. The normalized spacial score (nSPS) is 13.1. The molecular formula is C13H13FN2O3S. The molecule has 106 valence electrons. The molecule has 0 aliphatic rings. The highest BCUT2D eigenvalue weighted by atomic mass is 32.2. The number of H-pyrrole nitrogens is 1. The van der Waals surface area contributed by atoms with Crippen LogP contribution in [0.1, 0.15) is 18.5 Å². The Bertz CT molecular complexity index is 733. The summed E-state index contributed by atoms with van der Waals surface area (Å²) in [6.07, 6.45) is 1.13. The van der Waals surface area contributed by atoms with Crippen LogP contribution in [0.4, 0.5) is 4.39 Å². The van der Waals surface area contributed by atoms with Crippen LogP contribution in [0.2, 0.25) is 0 Å². The number of hydrogen-bond acceptors (Lipinski definition) is 3. The van der Waals surface area contributed by atoms with Crippen molar-refractivity contribution in [1.82, 2.24) is 9.71 Å². The van der Waals surface area contributed by atoms with Crippen molar-refractivity contribution in [3.63, 3.8) is 0 Å². The summed E-state index contributed by atoms with van der Waals surface area (Å²) in [7, 11) is -3.75. The van der Waals surface area contributed by atoms with E-state index in [4.69, 9.17) is 0 Å². The maximum Gasteiger partial charge on any atom is 0.247 e. The predicted octanol–water partition coefficient (Wildman–Crippen LogP) is 1.55. The van der Waals surface area contributed by atoms with Gasteiger partial charge in [0, 0.05) is 18.3 Å². The lowest BCUT2D eigenvalue weighted by Crippen LogP contribution is -2.27. The van der Waals surface area contributed by atoms with E-state index < -0.39 is 16.1 Å². The van der Waals surface area contributed by atoms with Crippen LogP contribution in [0.25, 0.3) is 0 Å². The first-order valence-corrected chi connectivity index (χ1v) is 7.33. The summed E-state index contributed by atoms with van der Waals surface area (Å²) in [5.74, 6) is -0.385. The molecule has 2 rings (SSSR count). The fraction of sp³-hybridized carbons (Fsp3) is 0.154. The van der Waals surface area contributed by atoms with Gasteiger partial charge >= 0.3 is 0 Å². The summed E-state index contributed by atoms with van der Waals surface area (Å²) in [5.41, 5.74) is 0.259. The largest absolute Gasteiger partial charge is 0.328 e. The van der Waals surface area contributed by atoms with Crippen molar-refractivity contribution in [2.45, 2.75) is 17.9 Å². The molecule has 0 saturated carbocycles.